The van der Waals surface area contributed by atoms with Crippen LogP contribution < -0.4 is 14.8 Å². The summed E-state index contributed by atoms with van der Waals surface area (Å²) in [6.07, 6.45) is -0.258. The second kappa shape index (κ2) is 7.63. The van der Waals surface area contributed by atoms with E-state index in [1.165, 1.54) is 4.80 Å². The fourth-order valence-electron chi connectivity index (χ4n) is 2.64. The molecule has 0 saturated heterocycles. The number of nitrogens with zero attached hydrogens (tertiary/aromatic N) is 4. The van der Waals surface area contributed by atoms with E-state index in [4.69, 9.17) is 21.1 Å². The summed E-state index contributed by atoms with van der Waals surface area (Å²) in [5.74, 6) is 1.50. The lowest BCUT2D eigenvalue weighted by atomic mass is 10.2. The number of nitrogens with one attached hydrogen (secondary N) is 1. The number of hydrogen-bond donors (Lipinski definition) is 1. The summed E-state index contributed by atoms with van der Waals surface area (Å²) in [7, 11) is 0. The Labute approximate surface area is 160 Å². The lowest BCUT2D eigenvalue weighted by Gasteiger charge is -2.26. The van der Waals surface area contributed by atoms with Crippen molar-refractivity contribution in [2.75, 3.05) is 13.2 Å². The Morgan fingerprint density at radius 2 is 1.96 bits per heavy atom. The van der Waals surface area contributed by atoms with Gasteiger partial charge < -0.3 is 14.8 Å². The lowest BCUT2D eigenvalue weighted by molar-refractivity contribution is -0.122. The van der Waals surface area contributed by atoms with E-state index in [-0.39, 0.29) is 18.6 Å². The Bertz CT molecular complexity index is 961. The smallest absolute Gasteiger partial charge is 0.243 e. The number of aromatic nitrogens is 4. The number of fused-ring (bicyclic) bond motifs is 1. The Hall–Kier alpha value is -3.13. The van der Waals surface area contributed by atoms with Gasteiger partial charge in [0.15, 0.2) is 11.5 Å². The van der Waals surface area contributed by atoms with Crippen LogP contribution in [0.3, 0.4) is 0 Å². The van der Waals surface area contributed by atoms with Crippen LogP contribution in [0.15, 0.2) is 48.5 Å². The van der Waals surface area contributed by atoms with E-state index in [1.807, 2.05) is 36.4 Å². The standard InChI is InChI=1S/C18H16ClN5O3/c19-14-6-2-1-5-13(14)18-21-23-24(22-18)10-17(25)20-9-12-11-26-15-7-3-4-8-16(15)27-12/h1-8,12H,9-11H2,(H,20,25)/t12-/m1/s1. The zero-order valence-corrected chi connectivity index (χ0v) is 15.0. The normalized spacial score (nSPS) is 15.4. The third kappa shape index (κ3) is 4.01. The number of tetrazole rings is 1. The van der Waals surface area contributed by atoms with Crippen molar-refractivity contribution in [2.45, 2.75) is 12.6 Å². The number of ether oxygens (including phenoxy) is 2. The first-order valence-electron chi connectivity index (χ1n) is 8.37. The molecule has 2 aromatic carbocycles. The largest absolute Gasteiger partial charge is 0.486 e. The van der Waals surface area contributed by atoms with Crippen molar-refractivity contribution in [1.29, 1.82) is 0 Å². The van der Waals surface area contributed by atoms with Gasteiger partial charge in [-0.25, -0.2) is 0 Å². The molecule has 0 fully saturated rings. The van der Waals surface area contributed by atoms with Crippen molar-refractivity contribution in [3.63, 3.8) is 0 Å². The first-order valence-corrected chi connectivity index (χ1v) is 8.75. The maximum Gasteiger partial charge on any atom is 0.243 e. The molecule has 27 heavy (non-hydrogen) atoms. The van der Waals surface area contributed by atoms with E-state index >= 15 is 0 Å². The van der Waals surface area contributed by atoms with Crippen LogP contribution in [0.2, 0.25) is 5.02 Å². The minimum Gasteiger partial charge on any atom is -0.486 e. The number of benzene rings is 2. The van der Waals surface area contributed by atoms with Gasteiger partial charge in [-0.05, 0) is 29.5 Å². The van der Waals surface area contributed by atoms with Gasteiger partial charge >= 0.3 is 0 Å². The van der Waals surface area contributed by atoms with Gasteiger partial charge in [-0.3, -0.25) is 4.79 Å². The van der Waals surface area contributed by atoms with Crippen LogP contribution in [-0.4, -0.2) is 45.4 Å². The van der Waals surface area contributed by atoms with E-state index in [1.54, 1.807) is 12.1 Å². The summed E-state index contributed by atoms with van der Waals surface area (Å²) in [5.41, 5.74) is 0.664. The van der Waals surface area contributed by atoms with Crippen molar-refractivity contribution in [3.05, 3.63) is 53.6 Å². The maximum absolute atomic E-state index is 12.2. The minimum atomic E-state index is -0.258. The van der Waals surface area contributed by atoms with E-state index < -0.39 is 0 Å². The molecule has 4 rings (SSSR count). The monoisotopic (exact) mass is 385 g/mol. The number of carbonyl (C=O) groups is 1. The zero-order valence-electron chi connectivity index (χ0n) is 14.2. The molecule has 0 saturated carbocycles. The molecular formula is C18H16ClN5O3. The van der Waals surface area contributed by atoms with Crippen LogP contribution in [0.5, 0.6) is 11.5 Å². The predicted octanol–water partition coefficient (Wildman–Crippen LogP) is 1.95. The molecule has 0 radical (unpaired) electrons. The summed E-state index contributed by atoms with van der Waals surface area (Å²) in [6, 6.07) is 14.6. The van der Waals surface area contributed by atoms with Crippen molar-refractivity contribution in [1.82, 2.24) is 25.5 Å². The second-order valence-corrected chi connectivity index (χ2v) is 6.33. The van der Waals surface area contributed by atoms with E-state index in [2.05, 4.69) is 20.7 Å². The van der Waals surface area contributed by atoms with Gasteiger partial charge in [-0.2, -0.15) is 4.80 Å². The van der Waals surface area contributed by atoms with Crippen LogP contribution in [0, 0.1) is 0 Å². The van der Waals surface area contributed by atoms with Crippen LogP contribution in [0.4, 0.5) is 0 Å². The molecule has 1 N–H and O–H groups in total. The highest BCUT2D eigenvalue weighted by molar-refractivity contribution is 6.33. The van der Waals surface area contributed by atoms with Gasteiger partial charge in [0.1, 0.15) is 19.3 Å². The molecule has 1 amide bonds. The third-order valence-corrected chi connectivity index (χ3v) is 4.28. The van der Waals surface area contributed by atoms with E-state index in [0.717, 1.165) is 0 Å². The van der Waals surface area contributed by atoms with Gasteiger partial charge in [-0.15, -0.1) is 10.2 Å². The Balaban J connectivity index is 1.31. The first kappa shape index (κ1) is 17.3. The van der Waals surface area contributed by atoms with Gasteiger partial charge in [0, 0.05) is 5.56 Å². The molecule has 0 unspecified atom stereocenters. The number of halogens is 1. The molecule has 1 aliphatic heterocycles. The fraction of sp³-hybridized carbons (Fsp3) is 0.222. The molecule has 0 spiro atoms. The highest BCUT2D eigenvalue weighted by Gasteiger charge is 2.21. The van der Waals surface area contributed by atoms with Crippen LogP contribution in [0.25, 0.3) is 11.4 Å². The molecule has 8 nitrogen and oxygen atoms in total. The maximum atomic E-state index is 12.2. The third-order valence-electron chi connectivity index (χ3n) is 3.95. The first-order chi connectivity index (χ1) is 13.2. The van der Waals surface area contributed by atoms with Gasteiger partial charge in [0.2, 0.25) is 11.7 Å². The molecule has 1 aliphatic rings. The number of hydrogen-bond acceptors (Lipinski definition) is 6. The molecule has 2 heterocycles. The SMILES string of the molecule is O=C(Cn1nnc(-c2ccccc2Cl)n1)NC[C@@H]1COc2ccccc2O1. The highest BCUT2D eigenvalue weighted by atomic mass is 35.5. The molecular weight excluding hydrogens is 370 g/mol. The number of carbonyl (C=O) groups excluding carboxylic acids is 1. The molecule has 9 heteroatoms. The summed E-state index contributed by atoms with van der Waals surface area (Å²) < 4.78 is 11.4. The fourth-order valence-corrected chi connectivity index (χ4v) is 2.86. The van der Waals surface area contributed by atoms with Crippen LogP contribution in [0.1, 0.15) is 0 Å². The Morgan fingerprint density at radius 1 is 1.19 bits per heavy atom. The van der Waals surface area contributed by atoms with Gasteiger partial charge in [0.05, 0.1) is 11.6 Å². The Morgan fingerprint density at radius 3 is 2.81 bits per heavy atom. The molecule has 0 bridgehead atoms. The highest BCUT2D eigenvalue weighted by Crippen LogP contribution is 2.30. The second-order valence-electron chi connectivity index (χ2n) is 5.92. The molecule has 0 aliphatic carbocycles. The lowest BCUT2D eigenvalue weighted by Crippen LogP contribution is -2.41. The van der Waals surface area contributed by atoms with E-state index in [9.17, 15) is 4.79 Å². The van der Waals surface area contributed by atoms with Gasteiger partial charge in [-0.1, -0.05) is 35.9 Å². The topological polar surface area (TPSA) is 91.2 Å². The van der Waals surface area contributed by atoms with Crippen molar-refractivity contribution >= 4 is 17.5 Å². The molecule has 138 valence electrons. The predicted molar refractivity (Wildman–Crippen MR) is 97.6 cm³/mol. The summed E-state index contributed by atoms with van der Waals surface area (Å²) >= 11 is 6.12. The summed E-state index contributed by atoms with van der Waals surface area (Å²) in [6.45, 7) is 0.635. The van der Waals surface area contributed by atoms with Crippen molar-refractivity contribution in [2.24, 2.45) is 0 Å². The van der Waals surface area contributed by atoms with Gasteiger partial charge in [0.25, 0.3) is 0 Å². The molecule has 1 aromatic heterocycles. The molecule has 1 atom stereocenters. The molecule has 3 aromatic rings. The van der Waals surface area contributed by atoms with Crippen molar-refractivity contribution in [3.8, 4) is 22.9 Å². The number of para-hydroxylation sites is 2. The number of amides is 1. The summed E-state index contributed by atoms with van der Waals surface area (Å²) in [4.78, 5) is 13.4. The summed E-state index contributed by atoms with van der Waals surface area (Å²) in [5, 5.41) is 15.4. The Kier molecular flexibility index (Phi) is 4.88. The van der Waals surface area contributed by atoms with E-state index in [0.29, 0.717) is 41.1 Å². The average Bonchev–Trinajstić information content (AvgIpc) is 3.14. The quantitative estimate of drug-likeness (QED) is 0.721. The average molecular weight is 386 g/mol. The van der Waals surface area contributed by atoms with Crippen LogP contribution >= 0.6 is 11.6 Å². The van der Waals surface area contributed by atoms with Crippen molar-refractivity contribution < 1.29 is 14.3 Å². The van der Waals surface area contributed by atoms with Crippen LogP contribution in [-0.2, 0) is 11.3 Å². The minimum absolute atomic E-state index is 0.0540. The zero-order chi connectivity index (χ0) is 18.6. The number of rotatable bonds is 5.